The number of hydrogen-bond donors (Lipinski definition) is 2. The van der Waals surface area contributed by atoms with Crippen molar-refractivity contribution in [3.05, 3.63) is 90.0 Å². The molecular weight excluding hydrogens is 448 g/mol. The minimum absolute atomic E-state index is 0.111. The molecule has 2 N–H and O–H groups in total. The van der Waals surface area contributed by atoms with Crippen LogP contribution < -0.4 is 15.5 Å². The normalized spacial score (nSPS) is 17.6. The molecule has 1 fully saturated rings. The molecule has 1 saturated heterocycles. The maximum atomic E-state index is 11.4. The summed E-state index contributed by atoms with van der Waals surface area (Å²) in [4.78, 5) is 18.2. The first-order valence-corrected chi connectivity index (χ1v) is 11.3. The molecule has 10 heteroatoms. The molecule has 0 saturated carbocycles. The fraction of sp³-hybridized carbons (Fsp3) is 0.208. The number of nitrogens with one attached hydrogen (secondary N) is 2. The number of carbonyl (C=O) groups is 1. The molecule has 172 valence electrons. The van der Waals surface area contributed by atoms with Gasteiger partial charge in [0.15, 0.2) is 5.11 Å². The van der Waals surface area contributed by atoms with Crippen LogP contribution in [0.4, 0.5) is 11.4 Å². The van der Waals surface area contributed by atoms with E-state index in [0.717, 1.165) is 34.0 Å². The molecule has 0 radical (unpaired) electrons. The number of thiocarbonyl (C=S) groups is 1. The van der Waals surface area contributed by atoms with Crippen LogP contribution in [0, 0.1) is 13.8 Å². The van der Waals surface area contributed by atoms with Gasteiger partial charge in [-0.05, 0) is 68.5 Å². The van der Waals surface area contributed by atoms with Crippen molar-refractivity contribution < 1.29 is 4.79 Å². The van der Waals surface area contributed by atoms with Gasteiger partial charge in [-0.2, -0.15) is 0 Å². The SMILES string of the molecule is CC(=O)Nc1ccc(N2C(=S)N[C@H](c3ccccn3)[C@@H]2c2cc(C)n(-n3cnnc3)c2C)cc1. The Morgan fingerprint density at radius 1 is 1.09 bits per heavy atom. The summed E-state index contributed by atoms with van der Waals surface area (Å²) in [5.41, 5.74) is 5.77. The second-order valence-electron chi connectivity index (χ2n) is 8.20. The lowest BCUT2D eigenvalue weighted by atomic mass is 9.96. The van der Waals surface area contributed by atoms with Crippen LogP contribution in [0.5, 0.6) is 0 Å². The van der Waals surface area contributed by atoms with Gasteiger partial charge in [-0.3, -0.25) is 14.5 Å². The first-order valence-electron chi connectivity index (χ1n) is 10.9. The van der Waals surface area contributed by atoms with Crippen LogP contribution in [-0.4, -0.2) is 35.6 Å². The standard InChI is InChI=1S/C24H24N8OS/c1-15-12-20(16(2)32(15)30-13-26-27-14-30)23-22(21-6-4-5-11-25-21)29-24(34)31(23)19-9-7-18(8-10-19)28-17(3)33/h4-14,22-23H,1-3H3,(H,28,33)(H,29,34)/t22-,23+/m1/s1. The van der Waals surface area contributed by atoms with Crippen LogP contribution in [0.15, 0.2) is 67.4 Å². The van der Waals surface area contributed by atoms with E-state index in [9.17, 15) is 4.79 Å². The van der Waals surface area contributed by atoms with Crippen molar-refractivity contribution in [2.24, 2.45) is 0 Å². The Hall–Kier alpha value is -4.05. The van der Waals surface area contributed by atoms with Crippen LogP contribution in [0.3, 0.4) is 0 Å². The van der Waals surface area contributed by atoms with Crippen molar-refractivity contribution in [3.8, 4) is 0 Å². The Labute approximate surface area is 202 Å². The number of hydrogen-bond acceptors (Lipinski definition) is 5. The zero-order valence-electron chi connectivity index (χ0n) is 19.0. The molecule has 1 aliphatic rings. The molecule has 34 heavy (non-hydrogen) atoms. The van der Waals surface area contributed by atoms with E-state index in [1.807, 2.05) is 47.1 Å². The summed E-state index contributed by atoms with van der Waals surface area (Å²) in [7, 11) is 0. The summed E-state index contributed by atoms with van der Waals surface area (Å²) in [6.45, 7) is 5.63. The molecule has 0 unspecified atom stereocenters. The molecule has 0 bridgehead atoms. The van der Waals surface area contributed by atoms with Crippen LogP contribution in [0.25, 0.3) is 0 Å². The smallest absolute Gasteiger partial charge is 0.221 e. The number of nitrogens with zero attached hydrogens (tertiary/aromatic N) is 6. The van der Waals surface area contributed by atoms with E-state index in [-0.39, 0.29) is 18.0 Å². The molecule has 1 aliphatic heterocycles. The number of amides is 1. The van der Waals surface area contributed by atoms with E-state index in [1.54, 1.807) is 18.9 Å². The number of pyridine rings is 1. The number of anilines is 2. The number of aryl methyl sites for hydroxylation is 1. The lowest BCUT2D eigenvalue weighted by Gasteiger charge is -2.28. The molecule has 1 amide bonds. The first-order chi connectivity index (χ1) is 16.4. The third kappa shape index (κ3) is 3.81. The molecule has 4 aromatic rings. The third-order valence-corrected chi connectivity index (χ3v) is 6.27. The zero-order valence-corrected chi connectivity index (χ0v) is 19.8. The van der Waals surface area contributed by atoms with Crippen LogP contribution in [-0.2, 0) is 4.79 Å². The second kappa shape index (κ2) is 8.71. The Morgan fingerprint density at radius 2 is 1.82 bits per heavy atom. The van der Waals surface area contributed by atoms with E-state index in [4.69, 9.17) is 12.2 Å². The number of rotatable bonds is 5. The summed E-state index contributed by atoms with van der Waals surface area (Å²) < 4.78 is 3.93. The molecule has 1 aromatic carbocycles. The van der Waals surface area contributed by atoms with Gasteiger partial charge in [0, 0.05) is 41.4 Å². The fourth-order valence-corrected chi connectivity index (χ4v) is 4.93. The fourth-order valence-electron chi connectivity index (χ4n) is 4.59. The quantitative estimate of drug-likeness (QED) is 0.429. The molecule has 2 atom stereocenters. The molecule has 3 aromatic heterocycles. The van der Waals surface area contributed by atoms with E-state index in [2.05, 4.69) is 55.3 Å². The average molecular weight is 473 g/mol. The average Bonchev–Trinajstić information content (AvgIpc) is 3.52. The van der Waals surface area contributed by atoms with Gasteiger partial charge >= 0.3 is 0 Å². The van der Waals surface area contributed by atoms with Crippen molar-refractivity contribution in [1.82, 2.24) is 29.9 Å². The monoisotopic (exact) mass is 472 g/mol. The van der Waals surface area contributed by atoms with Crippen LogP contribution in [0.1, 0.15) is 41.7 Å². The highest BCUT2D eigenvalue weighted by atomic mass is 32.1. The Bertz CT molecular complexity index is 1330. The van der Waals surface area contributed by atoms with Crippen LogP contribution >= 0.6 is 12.2 Å². The highest BCUT2D eigenvalue weighted by Crippen LogP contribution is 2.43. The van der Waals surface area contributed by atoms with Gasteiger partial charge in [-0.25, -0.2) is 4.68 Å². The van der Waals surface area contributed by atoms with E-state index in [1.165, 1.54) is 6.92 Å². The van der Waals surface area contributed by atoms with E-state index < -0.39 is 0 Å². The lowest BCUT2D eigenvalue weighted by Crippen LogP contribution is -2.29. The largest absolute Gasteiger partial charge is 0.351 e. The zero-order chi connectivity index (χ0) is 23.8. The second-order valence-corrected chi connectivity index (χ2v) is 8.59. The number of aromatic nitrogens is 5. The van der Waals surface area contributed by atoms with Crippen LogP contribution in [0.2, 0.25) is 0 Å². The van der Waals surface area contributed by atoms with Crippen molar-refractivity contribution in [1.29, 1.82) is 0 Å². The van der Waals surface area contributed by atoms with Gasteiger partial charge in [-0.15, -0.1) is 10.2 Å². The van der Waals surface area contributed by atoms with Crippen molar-refractivity contribution in [2.75, 3.05) is 10.2 Å². The molecule has 9 nitrogen and oxygen atoms in total. The minimum Gasteiger partial charge on any atom is -0.351 e. The van der Waals surface area contributed by atoms with Crippen molar-refractivity contribution >= 4 is 34.6 Å². The highest BCUT2D eigenvalue weighted by molar-refractivity contribution is 7.80. The Morgan fingerprint density at radius 3 is 2.47 bits per heavy atom. The topological polar surface area (TPSA) is 92.9 Å². The van der Waals surface area contributed by atoms with Gasteiger partial charge in [-0.1, -0.05) is 6.07 Å². The maximum Gasteiger partial charge on any atom is 0.221 e. The minimum atomic E-state index is -0.154. The maximum absolute atomic E-state index is 11.4. The van der Waals surface area contributed by atoms with Gasteiger partial charge in [0.25, 0.3) is 0 Å². The number of carbonyl (C=O) groups excluding carboxylic acids is 1. The third-order valence-electron chi connectivity index (χ3n) is 5.95. The molecule has 0 spiro atoms. The van der Waals surface area contributed by atoms with E-state index in [0.29, 0.717) is 5.11 Å². The summed E-state index contributed by atoms with van der Waals surface area (Å²) in [6, 6.07) is 15.5. The summed E-state index contributed by atoms with van der Waals surface area (Å²) in [5, 5.41) is 14.8. The van der Waals surface area contributed by atoms with Gasteiger partial charge < -0.3 is 15.5 Å². The van der Waals surface area contributed by atoms with Crippen molar-refractivity contribution in [2.45, 2.75) is 32.9 Å². The predicted octanol–water partition coefficient (Wildman–Crippen LogP) is 3.54. The van der Waals surface area contributed by atoms with Gasteiger partial charge in [0.2, 0.25) is 5.91 Å². The molecular formula is C24H24N8OS. The van der Waals surface area contributed by atoms with Gasteiger partial charge in [0.1, 0.15) is 12.7 Å². The summed E-state index contributed by atoms with van der Waals surface area (Å²) in [6.07, 6.45) is 5.15. The predicted molar refractivity (Wildman–Crippen MR) is 133 cm³/mol. The van der Waals surface area contributed by atoms with E-state index >= 15 is 0 Å². The molecule has 5 rings (SSSR count). The van der Waals surface area contributed by atoms with Crippen molar-refractivity contribution in [3.63, 3.8) is 0 Å². The first kappa shape index (κ1) is 21.8. The molecule has 4 heterocycles. The Balaban J connectivity index is 1.62. The number of benzene rings is 1. The Kier molecular flexibility index (Phi) is 5.58. The highest BCUT2D eigenvalue weighted by Gasteiger charge is 2.42. The lowest BCUT2D eigenvalue weighted by molar-refractivity contribution is -0.114. The molecule has 0 aliphatic carbocycles. The summed E-state index contributed by atoms with van der Waals surface area (Å²) in [5.74, 6) is -0.111. The van der Waals surface area contributed by atoms with Gasteiger partial charge in [0.05, 0.1) is 17.8 Å². The summed E-state index contributed by atoms with van der Waals surface area (Å²) >= 11 is 5.83.